The quantitative estimate of drug-likeness (QED) is 0.329. The zero-order chi connectivity index (χ0) is 17.3. The van der Waals surface area contributed by atoms with Crippen molar-refractivity contribution in [1.82, 2.24) is 0 Å². The van der Waals surface area contributed by atoms with Crippen LogP contribution in [-0.2, 0) is 0 Å². The molecule has 0 aliphatic heterocycles. The summed E-state index contributed by atoms with van der Waals surface area (Å²) in [5, 5.41) is 0. The number of allylic oxidation sites excluding steroid dienone is 6. The average molecular weight is 419 g/mol. The topological polar surface area (TPSA) is 9.23 Å². The van der Waals surface area contributed by atoms with Gasteiger partial charge in [0.2, 0.25) is 0 Å². The molecule has 0 saturated heterocycles. The summed E-state index contributed by atoms with van der Waals surface area (Å²) < 4.78 is 10.1. The molecule has 23 heavy (non-hydrogen) atoms. The molecule has 0 aromatic heterocycles. The van der Waals surface area contributed by atoms with Crippen molar-refractivity contribution in [2.45, 2.75) is 54.9 Å². The van der Waals surface area contributed by atoms with Gasteiger partial charge in [0, 0.05) is 0 Å². The van der Waals surface area contributed by atoms with Gasteiger partial charge in [-0.15, -0.1) is 0 Å². The van der Waals surface area contributed by atoms with Gasteiger partial charge in [-0.2, -0.15) is 0 Å². The van der Waals surface area contributed by atoms with Crippen molar-refractivity contribution >= 4 is 18.8 Å². The van der Waals surface area contributed by atoms with Crippen LogP contribution in [0.3, 0.4) is 0 Å². The Morgan fingerprint density at radius 2 is 1.13 bits per heavy atom. The molecule has 0 heterocycles. The summed E-state index contributed by atoms with van der Waals surface area (Å²) in [6.45, 7) is 13.1. The third kappa shape index (κ3) is 8.45. The predicted octanol–water partition coefficient (Wildman–Crippen LogP) is 6.91. The van der Waals surface area contributed by atoms with Crippen LogP contribution >= 0.6 is 0 Å². The van der Waals surface area contributed by atoms with Crippen molar-refractivity contribution in [2.75, 3.05) is 0 Å². The third-order valence-corrected chi connectivity index (χ3v) is 13.8. The molecule has 1 aromatic rings. The first-order chi connectivity index (χ1) is 10.8. The van der Waals surface area contributed by atoms with Crippen molar-refractivity contribution < 1.29 is 3.07 Å². The van der Waals surface area contributed by atoms with Gasteiger partial charge in [-0.05, 0) is 0 Å². The van der Waals surface area contributed by atoms with Gasteiger partial charge < -0.3 is 0 Å². The van der Waals surface area contributed by atoms with Crippen LogP contribution < -0.4 is 3.07 Å². The maximum atomic E-state index is 6.73. The number of benzene rings is 1. The van der Waals surface area contributed by atoms with E-state index in [0.29, 0.717) is 0 Å². The summed E-state index contributed by atoms with van der Waals surface area (Å²) >= 11 is -2.84. The summed E-state index contributed by atoms with van der Waals surface area (Å²) in [6, 6.07) is 10.4. The van der Waals surface area contributed by atoms with Crippen LogP contribution in [0.25, 0.3) is 0 Å². The van der Waals surface area contributed by atoms with Crippen molar-refractivity contribution in [3.63, 3.8) is 0 Å². The molecule has 2 heteroatoms. The molecule has 0 spiro atoms. The van der Waals surface area contributed by atoms with Crippen LogP contribution in [0.4, 0.5) is 0 Å². The number of para-hydroxylation sites is 1. The van der Waals surface area contributed by atoms with Crippen molar-refractivity contribution in [3.05, 3.63) is 65.3 Å². The molecule has 1 rings (SSSR count). The number of rotatable bonds is 8. The molecule has 0 radical (unpaired) electrons. The van der Waals surface area contributed by atoms with Gasteiger partial charge in [-0.25, -0.2) is 0 Å². The number of hydrogen-bond acceptors (Lipinski definition) is 1. The van der Waals surface area contributed by atoms with Crippen LogP contribution in [-0.4, -0.2) is 18.8 Å². The van der Waals surface area contributed by atoms with Gasteiger partial charge in [0.1, 0.15) is 0 Å². The molecule has 1 aromatic carbocycles. The van der Waals surface area contributed by atoms with Crippen LogP contribution in [0.5, 0.6) is 5.75 Å². The molecule has 1 nitrogen and oxygen atoms in total. The van der Waals surface area contributed by atoms with Gasteiger partial charge in [0.05, 0.1) is 0 Å². The molecule has 0 aliphatic carbocycles. The van der Waals surface area contributed by atoms with E-state index in [4.69, 9.17) is 3.07 Å². The molecule has 0 fully saturated rings. The summed E-state index contributed by atoms with van der Waals surface area (Å²) in [7, 11) is 0. The van der Waals surface area contributed by atoms with Gasteiger partial charge >= 0.3 is 148 Å². The zero-order valence-electron chi connectivity index (χ0n) is 15.6. The fourth-order valence-corrected chi connectivity index (χ4v) is 12.9. The molecule has 0 N–H and O–H groups in total. The van der Waals surface area contributed by atoms with E-state index in [-0.39, 0.29) is 0 Å². The molecule has 0 aliphatic rings. The predicted molar refractivity (Wildman–Crippen MR) is 106 cm³/mol. The van der Waals surface area contributed by atoms with Crippen molar-refractivity contribution in [2.24, 2.45) is 0 Å². The Balaban J connectivity index is 3.16. The van der Waals surface area contributed by atoms with Gasteiger partial charge in [0.25, 0.3) is 0 Å². The number of hydrogen-bond donors (Lipinski definition) is 0. The summed E-state index contributed by atoms with van der Waals surface area (Å²) in [6.07, 6.45) is 7.16. The van der Waals surface area contributed by atoms with Crippen LogP contribution in [0, 0.1) is 0 Å². The molecule has 0 atom stereocenters. The van der Waals surface area contributed by atoms with Crippen molar-refractivity contribution in [1.29, 1.82) is 0 Å². The fourth-order valence-electron chi connectivity index (χ4n) is 2.28. The van der Waals surface area contributed by atoms with Gasteiger partial charge in [-0.1, -0.05) is 0 Å². The molecular weight excluding hydrogens is 387 g/mol. The van der Waals surface area contributed by atoms with Gasteiger partial charge in [-0.3, -0.25) is 0 Å². The first kappa shape index (κ1) is 20.1. The van der Waals surface area contributed by atoms with E-state index in [0.717, 1.165) is 19.1 Å². The molecule has 0 saturated carbocycles. The van der Waals surface area contributed by atoms with E-state index < -0.39 is 18.8 Å². The normalized spacial score (nSPS) is 10.7. The van der Waals surface area contributed by atoms with E-state index in [1.807, 2.05) is 6.07 Å². The Kier molecular flexibility index (Phi) is 8.75. The van der Waals surface area contributed by atoms with E-state index in [9.17, 15) is 0 Å². The second kappa shape index (κ2) is 10.0. The Bertz CT molecular complexity index is 504. The second-order valence-corrected chi connectivity index (χ2v) is 17.9. The molecular formula is C21H32OSn. The summed E-state index contributed by atoms with van der Waals surface area (Å²) in [5.74, 6) is 1.04. The average Bonchev–Trinajstić information content (AvgIpc) is 2.49. The Labute approximate surface area is 147 Å². The Morgan fingerprint density at radius 3 is 1.48 bits per heavy atom. The Morgan fingerprint density at radius 1 is 0.739 bits per heavy atom. The second-order valence-electron chi connectivity index (χ2n) is 7.05. The van der Waals surface area contributed by atoms with E-state index in [2.05, 4.69) is 84.0 Å². The van der Waals surface area contributed by atoms with Crippen LogP contribution in [0.1, 0.15) is 41.5 Å². The standard InChI is InChI=1S/C6H6O.3C5H9.Sn/c7-6-4-2-1-3-5-6;3*1-4-5(2)3;/h1-5,7H;3*4H,1H2,2-3H3;/q;;;;+1/p-1. The molecule has 0 unspecified atom stereocenters. The SMILES string of the molecule is CC(C)=C[CH2][Sn]([CH2]C=C(C)C)([CH2]C=C(C)C)[O]c1ccccc1. The molecule has 0 amide bonds. The van der Waals surface area contributed by atoms with Crippen LogP contribution in [0.15, 0.2) is 65.3 Å². The zero-order valence-corrected chi connectivity index (χ0v) is 18.5. The summed E-state index contributed by atoms with van der Waals surface area (Å²) in [5.41, 5.74) is 4.16. The molecule has 0 bridgehead atoms. The fraction of sp³-hybridized carbons (Fsp3) is 0.429. The van der Waals surface area contributed by atoms with E-state index >= 15 is 0 Å². The maximum absolute atomic E-state index is 6.73. The first-order valence-electron chi connectivity index (χ1n) is 8.47. The minimum absolute atomic E-state index is 1.04. The summed E-state index contributed by atoms with van der Waals surface area (Å²) in [4.78, 5) is 0. The third-order valence-electron chi connectivity index (χ3n) is 3.72. The van der Waals surface area contributed by atoms with Crippen LogP contribution in [0.2, 0.25) is 13.3 Å². The van der Waals surface area contributed by atoms with E-state index in [1.165, 1.54) is 16.7 Å². The Hall–Kier alpha value is -0.961. The van der Waals surface area contributed by atoms with E-state index in [1.54, 1.807) is 0 Å². The van der Waals surface area contributed by atoms with Gasteiger partial charge in [0.15, 0.2) is 0 Å². The van der Waals surface area contributed by atoms with Crippen molar-refractivity contribution in [3.8, 4) is 5.75 Å². The minimum atomic E-state index is -2.84. The monoisotopic (exact) mass is 420 g/mol. The molecule has 126 valence electrons. The first-order valence-corrected chi connectivity index (χ1v) is 15.7.